The van der Waals surface area contributed by atoms with Crippen molar-refractivity contribution in [3.63, 3.8) is 0 Å². The van der Waals surface area contributed by atoms with Crippen LogP contribution in [0, 0.1) is 0 Å². The van der Waals surface area contributed by atoms with Crippen molar-refractivity contribution in [1.29, 1.82) is 0 Å². The highest BCUT2D eigenvalue weighted by atomic mass is 16.5. The molecule has 0 aliphatic carbocycles. The maximum absolute atomic E-state index is 5.50. The second-order valence-corrected chi connectivity index (χ2v) is 3.59. The number of hydrogen-bond acceptors (Lipinski definition) is 2. The summed E-state index contributed by atoms with van der Waals surface area (Å²) < 4.78 is 5.50. The molecule has 82 valence electrons. The standard InChI is InChI=1S/C14H15NO/c1-2-3-5-10-14-15-13(11-16-14)12-8-6-4-7-9-12/h2-10,13H,11H2,1H3/b3-2+,10-5+/t13-/m0/s1. The Morgan fingerprint density at radius 2 is 2.06 bits per heavy atom. The van der Waals surface area contributed by atoms with Crippen molar-refractivity contribution in [2.45, 2.75) is 13.0 Å². The van der Waals surface area contributed by atoms with E-state index < -0.39 is 0 Å². The number of rotatable bonds is 3. The highest BCUT2D eigenvalue weighted by Gasteiger charge is 2.18. The molecule has 16 heavy (non-hydrogen) atoms. The van der Waals surface area contributed by atoms with Gasteiger partial charge in [-0.3, -0.25) is 0 Å². The van der Waals surface area contributed by atoms with E-state index in [0.717, 1.165) is 0 Å². The summed E-state index contributed by atoms with van der Waals surface area (Å²) in [5.41, 5.74) is 1.21. The van der Waals surface area contributed by atoms with Gasteiger partial charge in [0.05, 0.1) is 0 Å². The van der Waals surface area contributed by atoms with Crippen LogP contribution in [0.15, 0.2) is 59.6 Å². The van der Waals surface area contributed by atoms with Gasteiger partial charge in [-0.25, -0.2) is 4.99 Å². The fraction of sp³-hybridized carbons (Fsp3) is 0.214. The van der Waals surface area contributed by atoms with E-state index in [4.69, 9.17) is 4.74 Å². The predicted molar refractivity (Wildman–Crippen MR) is 66.5 cm³/mol. The van der Waals surface area contributed by atoms with Gasteiger partial charge in [-0.2, -0.15) is 0 Å². The van der Waals surface area contributed by atoms with Crippen molar-refractivity contribution in [1.82, 2.24) is 0 Å². The minimum atomic E-state index is 0.145. The fourth-order valence-electron chi connectivity index (χ4n) is 1.58. The molecule has 0 saturated heterocycles. The monoisotopic (exact) mass is 213 g/mol. The number of ether oxygens (including phenoxy) is 1. The van der Waals surface area contributed by atoms with E-state index in [2.05, 4.69) is 17.1 Å². The third-order valence-electron chi connectivity index (χ3n) is 2.40. The molecule has 0 amide bonds. The van der Waals surface area contributed by atoms with Gasteiger partial charge in [0.1, 0.15) is 12.6 Å². The van der Waals surface area contributed by atoms with Crippen molar-refractivity contribution < 1.29 is 4.74 Å². The third kappa shape index (κ3) is 2.60. The average molecular weight is 213 g/mol. The zero-order valence-electron chi connectivity index (χ0n) is 9.34. The van der Waals surface area contributed by atoms with Crippen molar-refractivity contribution in [2.75, 3.05) is 6.61 Å². The molecule has 2 heteroatoms. The van der Waals surface area contributed by atoms with Crippen LogP contribution in [0.2, 0.25) is 0 Å². The van der Waals surface area contributed by atoms with Crippen LogP contribution >= 0.6 is 0 Å². The summed E-state index contributed by atoms with van der Waals surface area (Å²) in [7, 11) is 0. The average Bonchev–Trinajstić information content (AvgIpc) is 2.79. The highest BCUT2D eigenvalue weighted by molar-refractivity contribution is 5.89. The summed E-state index contributed by atoms with van der Waals surface area (Å²) >= 11 is 0. The van der Waals surface area contributed by atoms with Gasteiger partial charge in [-0.05, 0) is 18.6 Å². The van der Waals surface area contributed by atoms with E-state index in [1.54, 1.807) is 0 Å². The number of hydrogen-bond donors (Lipinski definition) is 0. The van der Waals surface area contributed by atoms with E-state index >= 15 is 0 Å². The third-order valence-corrected chi connectivity index (χ3v) is 2.40. The Bertz CT molecular complexity index is 418. The summed E-state index contributed by atoms with van der Waals surface area (Å²) in [6.07, 6.45) is 7.76. The van der Waals surface area contributed by atoms with Crippen LogP contribution < -0.4 is 0 Å². The van der Waals surface area contributed by atoms with Gasteiger partial charge >= 0.3 is 0 Å². The van der Waals surface area contributed by atoms with Crippen LogP contribution in [0.5, 0.6) is 0 Å². The van der Waals surface area contributed by atoms with Gasteiger partial charge in [0.15, 0.2) is 0 Å². The first-order valence-corrected chi connectivity index (χ1v) is 5.45. The van der Waals surface area contributed by atoms with Gasteiger partial charge in [-0.15, -0.1) is 0 Å². The molecular weight excluding hydrogens is 198 g/mol. The molecule has 1 aromatic rings. The van der Waals surface area contributed by atoms with E-state index in [1.807, 2.05) is 49.4 Å². The largest absolute Gasteiger partial charge is 0.475 e. The first-order chi connectivity index (χ1) is 7.90. The first kappa shape index (κ1) is 10.7. The highest BCUT2D eigenvalue weighted by Crippen LogP contribution is 2.22. The molecule has 1 aliphatic rings. The summed E-state index contributed by atoms with van der Waals surface area (Å²) in [6.45, 7) is 2.62. The maximum Gasteiger partial charge on any atom is 0.209 e. The van der Waals surface area contributed by atoms with Crippen LogP contribution in [-0.4, -0.2) is 12.5 Å². The lowest BCUT2D eigenvalue weighted by Crippen LogP contribution is -1.97. The summed E-state index contributed by atoms with van der Waals surface area (Å²) in [5, 5.41) is 0. The van der Waals surface area contributed by atoms with Crippen molar-refractivity contribution >= 4 is 5.90 Å². The van der Waals surface area contributed by atoms with Gasteiger partial charge < -0.3 is 4.74 Å². The molecule has 0 fully saturated rings. The van der Waals surface area contributed by atoms with Gasteiger partial charge in [0, 0.05) is 0 Å². The molecule has 1 heterocycles. The van der Waals surface area contributed by atoms with E-state index in [1.165, 1.54) is 5.56 Å². The second kappa shape index (κ2) is 5.31. The molecule has 2 nitrogen and oxygen atoms in total. The Hall–Kier alpha value is -1.83. The molecule has 0 aromatic heterocycles. The number of nitrogens with zero attached hydrogens (tertiary/aromatic N) is 1. The first-order valence-electron chi connectivity index (χ1n) is 5.45. The Morgan fingerprint density at radius 1 is 1.25 bits per heavy atom. The normalized spacial score (nSPS) is 20.3. The Morgan fingerprint density at radius 3 is 2.81 bits per heavy atom. The van der Waals surface area contributed by atoms with Crippen molar-refractivity contribution in [3.8, 4) is 0 Å². The summed E-state index contributed by atoms with van der Waals surface area (Å²) in [4.78, 5) is 4.50. The lowest BCUT2D eigenvalue weighted by molar-refractivity contribution is 0.321. The minimum Gasteiger partial charge on any atom is -0.475 e. The molecule has 0 bridgehead atoms. The molecule has 0 N–H and O–H groups in total. The smallest absolute Gasteiger partial charge is 0.209 e. The molecular formula is C14H15NO. The van der Waals surface area contributed by atoms with Gasteiger partial charge in [-0.1, -0.05) is 48.6 Å². The summed E-state index contributed by atoms with van der Waals surface area (Å²) in [5.74, 6) is 0.715. The molecule has 0 saturated carbocycles. The van der Waals surface area contributed by atoms with Crippen LogP contribution in [-0.2, 0) is 4.74 Å². The van der Waals surface area contributed by atoms with Crippen molar-refractivity contribution in [2.24, 2.45) is 4.99 Å². The lowest BCUT2D eigenvalue weighted by atomic mass is 10.1. The molecule has 0 unspecified atom stereocenters. The van der Waals surface area contributed by atoms with Crippen LogP contribution in [0.1, 0.15) is 18.5 Å². The topological polar surface area (TPSA) is 21.6 Å². The van der Waals surface area contributed by atoms with Crippen LogP contribution in [0.25, 0.3) is 0 Å². The van der Waals surface area contributed by atoms with E-state index in [9.17, 15) is 0 Å². The Labute approximate surface area is 96.0 Å². The van der Waals surface area contributed by atoms with Crippen LogP contribution in [0.4, 0.5) is 0 Å². The maximum atomic E-state index is 5.50. The predicted octanol–water partition coefficient (Wildman–Crippen LogP) is 3.29. The molecule has 0 spiro atoms. The fourth-order valence-corrected chi connectivity index (χ4v) is 1.58. The van der Waals surface area contributed by atoms with E-state index in [-0.39, 0.29) is 6.04 Å². The number of aliphatic imine (C=N–C) groups is 1. The lowest BCUT2D eigenvalue weighted by Gasteiger charge is -2.03. The molecule has 0 radical (unpaired) electrons. The summed E-state index contributed by atoms with van der Waals surface area (Å²) in [6, 6.07) is 10.4. The number of allylic oxidation sites excluding steroid dienone is 3. The Kier molecular flexibility index (Phi) is 3.54. The van der Waals surface area contributed by atoms with E-state index in [0.29, 0.717) is 12.5 Å². The van der Waals surface area contributed by atoms with Crippen LogP contribution in [0.3, 0.4) is 0 Å². The molecule has 1 atom stereocenters. The Balaban J connectivity index is 2.06. The molecule has 2 rings (SSSR count). The van der Waals surface area contributed by atoms with Crippen molar-refractivity contribution in [3.05, 3.63) is 60.2 Å². The second-order valence-electron chi connectivity index (χ2n) is 3.59. The number of benzene rings is 1. The zero-order valence-corrected chi connectivity index (χ0v) is 9.34. The molecule has 1 aromatic carbocycles. The minimum absolute atomic E-state index is 0.145. The van der Waals surface area contributed by atoms with Gasteiger partial charge in [0.25, 0.3) is 0 Å². The zero-order chi connectivity index (χ0) is 11.2. The SMILES string of the molecule is C/C=C/C=C/C1=N[C@H](c2ccccc2)CO1. The quantitative estimate of drug-likeness (QED) is 0.706. The van der Waals surface area contributed by atoms with Gasteiger partial charge in [0.2, 0.25) is 5.90 Å². The molecule has 1 aliphatic heterocycles.